The highest BCUT2D eigenvalue weighted by molar-refractivity contribution is 6.06. The van der Waals surface area contributed by atoms with Crippen molar-refractivity contribution in [3.05, 3.63) is 76.3 Å². The van der Waals surface area contributed by atoms with Crippen molar-refractivity contribution in [2.24, 2.45) is 5.92 Å². The molecular formula is C24H26N4O2. The number of amides is 1. The number of fused-ring (bicyclic) bond motifs is 2. The molecule has 154 valence electrons. The highest BCUT2D eigenvalue weighted by Crippen LogP contribution is 2.29. The molecule has 6 heteroatoms. The number of imidazole rings is 1. The largest absolute Gasteiger partial charge is 0.342 e. The summed E-state index contributed by atoms with van der Waals surface area (Å²) in [5.74, 6) is 0.651. The number of hydrogen-bond acceptors (Lipinski definition) is 3. The number of pyridine rings is 1. The van der Waals surface area contributed by atoms with Gasteiger partial charge in [0.15, 0.2) is 0 Å². The Balaban J connectivity index is 1.80. The molecule has 2 heterocycles. The van der Waals surface area contributed by atoms with Gasteiger partial charge in [-0.15, -0.1) is 0 Å². The van der Waals surface area contributed by atoms with Gasteiger partial charge in [0.25, 0.3) is 5.91 Å². The van der Waals surface area contributed by atoms with Gasteiger partial charge >= 0.3 is 0 Å². The maximum absolute atomic E-state index is 13.3. The third kappa shape index (κ3) is 3.49. The fourth-order valence-electron chi connectivity index (χ4n) is 3.97. The van der Waals surface area contributed by atoms with Crippen molar-refractivity contribution in [3.8, 4) is 0 Å². The van der Waals surface area contributed by atoms with Crippen LogP contribution in [0.5, 0.6) is 0 Å². The van der Waals surface area contributed by atoms with E-state index in [-0.39, 0.29) is 29.5 Å². The zero-order valence-corrected chi connectivity index (χ0v) is 17.6. The first-order valence-corrected chi connectivity index (χ1v) is 10.3. The quantitative estimate of drug-likeness (QED) is 0.513. The van der Waals surface area contributed by atoms with Crippen molar-refractivity contribution in [2.75, 3.05) is 0 Å². The molecule has 0 unspecified atom stereocenters. The van der Waals surface area contributed by atoms with Gasteiger partial charge in [-0.3, -0.25) is 9.59 Å². The molecule has 0 radical (unpaired) electrons. The van der Waals surface area contributed by atoms with Crippen LogP contribution >= 0.6 is 0 Å². The fraction of sp³-hybridized carbons (Fsp3) is 0.292. The maximum Gasteiger partial charge on any atom is 0.252 e. The zero-order chi connectivity index (χ0) is 21.4. The number of rotatable bonds is 5. The summed E-state index contributed by atoms with van der Waals surface area (Å²) in [5, 5.41) is 3.87. The van der Waals surface area contributed by atoms with Gasteiger partial charge in [0, 0.05) is 23.0 Å². The Hall–Kier alpha value is -3.41. The van der Waals surface area contributed by atoms with E-state index in [0.717, 1.165) is 22.2 Å². The fourth-order valence-corrected chi connectivity index (χ4v) is 3.97. The van der Waals surface area contributed by atoms with Gasteiger partial charge in [0.2, 0.25) is 5.56 Å². The van der Waals surface area contributed by atoms with Crippen molar-refractivity contribution < 1.29 is 4.79 Å². The minimum atomic E-state index is -0.301. The Labute approximate surface area is 175 Å². The average Bonchev–Trinajstić information content (AvgIpc) is 3.10. The van der Waals surface area contributed by atoms with Crippen molar-refractivity contribution in [1.29, 1.82) is 0 Å². The molecule has 0 aliphatic heterocycles. The topological polar surface area (TPSA) is 79.8 Å². The number of nitrogens with zero attached hydrogens (tertiary/aromatic N) is 2. The number of para-hydroxylation sites is 3. The highest BCUT2D eigenvalue weighted by atomic mass is 16.2. The van der Waals surface area contributed by atoms with E-state index in [0.29, 0.717) is 11.1 Å². The number of aromatic amines is 1. The van der Waals surface area contributed by atoms with Crippen LogP contribution in [-0.4, -0.2) is 20.4 Å². The van der Waals surface area contributed by atoms with Crippen LogP contribution < -0.4 is 10.9 Å². The van der Waals surface area contributed by atoms with Crippen LogP contribution in [0.15, 0.2) is 59.4 Å². The van der Waals surface area contributed by atoms with E-state index in [1.165, 1.54) is 6.07 Å². The van der Waals surface area contributed by atoms with Crippen LogP contribution in [0, 0.1) is 5.92 Å². The highest BCUT2D eigenvalue weighted by Gasteiger charge is 2.27. The number of carbonyl (C=O) groups excluding carboxylic acids is 1. The van der Waals surface area contributed by atoms with E-state index in [2.05, 4.69) is 48.6 Å². The third-order valence-corrected chi connectivity index (χ3v) is 5.37. The van der Waals surface area contributed by atoms with Gasteiger partial charge < -0.3 is 14.9 Å². The Morgan fingerprint density at radius 2 is 1.73 bits per heavy atom. The van der Waals surface area contributed by atoms with E-state index in [9.17, 15) is 9.59 Å². The van der Waals surface area contributed by atoms with Crippen LogP contribution in [0.2, 0.25) is 0 Å². The number of H-pyrrole nitrogens is 1. The molecule has 0 fully saturated rings. The molecule has 2 N–H and O–H groups in total. The summed E-state index contributed by atoms with van der Waals surface area (Å²) in [6.45, 7) is 8.35. The Morgan fingerprint density at radius 3 is 2.47 bits per heavy atom. The van der Waals surface area contributed by atoms with E-state index >= 15 is 0 Å². The standard InChI is InChI=1S/C24H26N4O2/c1-14(2)22(23-26-19-11-7-8-12-20(19)28(23)15(3)4)27-24(30)17-13-21(29)25-18-10-6-5-9-16(17)18/h5-15,22H,1-4H3,(H,25,29)(H,27,30)/t22-/m0/s1. The smallest absolute Gasteiger partial charge is 0.252 e. The summed E-state index contributed by atoms with van der Waals surface area (Å²) in [7, 11) is 0. The van der Waals surface area contributed by atoms with Crippen LogP contribution in [0.3, 0.4) is 0 Å². The molecule has 0 aliphatic carbocycles. The minimum Gasteiger partial charge on any atom is -0.342 e. The van der Waals surface area contributed by atoms with Crippen molar-refractivity contribution in [3.63, 3.8) is 0 Å². The number of hydrogen-bond donors (Lipinski definition) is 2. The Kier molecular flexibility index (Phi) is 5.16. The maximum atomic E-state index is 13.3. The normalized spacial score (nSPS) is 12.7. The molecule has 0 aliphatic rings. The summed E-state index contributed by atoms with van der Waals surface area (Å²) in [6, 6.07) is 16.6. The van der Waals surface area contributed by atoms with Crippen molar-refractivity contribution in [2.45, 2.75) is 39.8 Å². The van der Waals surface area contributed by atoms with Crippen LogP contribution in [0.1, 0.15) is 56.0 Å². The first-order valence-electron chi connectivity index (χ1n) is 10.3. The predicted molar refractivity (Wildman–Crippen MR) is 120 cm³/mol. The number of aromatic nitrogens is 3. The van der Waals surface area contributed by atoms with Gasteiger partial charge in [-0.25, -0.2) is 4.98 Å². The average molecular weight is 402 g/mol. The molecule has 0 bridgehead atoms. The van der Waals surface area contributed by atoms with Gasteiger partial charge in [-0.05, 0) is 38.0 Å². The molecule has 0 saturated heterocycles. The molecular weight excluding hydrogens is 376 g/mol. The van der Waals surface area contributed by atoms with Crippen LogP contribution in [-0.2, 0) is 0 Å². The second kappa shape index (κ2) is 7.78. The van der Waals surface area contributed by atoms with Crippen molar-refractivity contribution in [1.82, 2.24) is 19.9 Å². The molecule has 4 rings (SSSR count). The van der Waals surface area contributed by atoms with Crippen molar-refractivity contribution >= 4 is 27.8 Å². The molecule has 0 spiro atoms. The molecule has 4 aromatic rings. The lowest BCUT2D eigenvalue weighted by atomic mass is 10.0. The first-order chi connectivity index (χ1) is 14.4. The molecule has 30 heavy (non-hydrogen) atoms. The molecule has 1 atom stereocenters. The van der Waals surface area contributed by atoms with Gasteiger partial charge in [-0.1, -0.05) is 44.2 Å². The molecule has 0 saturated carbocycles. The lowest BCUT2D eigenvalue weighted by molar-refractivity contribution is 0.0923. The van der Waals surface area contributed by atoms with Gasteiger partial charge in [0.05, 0.1) is 22.6 Å². The van der Waals surface area contributed by atoms with E-state index in [4.69, 9.17) is 4.98 Å². The zero-order valence-electron chi connectivity index (χ0n) is 17.6. The molecule has 2 aromatic carbocycles. The third-order valence-electron chi connectivity index (χ3n) is 5.37. The van der Waals surface area contributed by atoms with E-state index in [1.807, 2.05) is 36.4 Å². The lowest BCUT2D eigenvalue weighted by Crippen LogP contribution is -2.34. The van der Waals surface area contributed by atoms with Crippen LogP contribution in [0.25, 0.3) is 21.9 Å². The minimum absolute atomic E-state index is 0.108. The summed E-state index contributed by atoms with van der Waals surface area (Å²) in [6.07, 6.45) is 0. The number of nitrogens with one attached hydrogen (secondary N) is 2. The SMILES string of the molecule is CC(C)[C@H](NC(=O)c1cc(=O)[nH]c2ccccc12)c1nc2ccccc2n1C(C)C. The molecule has 6 nitrogen and oxygen atoms in total. The van der Waals surface area contributed by atoms with E-state index < -0.39 is 0 Å². The van der Waals surface area contributed by atoms with E-state index in [1.54, 1.807) is 6.07 Å². The summed E-state index contributed by atoms with van der Waals surface area (Å²) < 4.78 is 2.18. The summed E-state index contributed by atoms with van der Waals surface area (Å²) in [5.41, 5.74) is 2.67. The Bertz CT molecular complexity index is 1280. The number of carbonyl (C=O) groups is 1. The summed E-state index contributed by atoms with van der Waals surface area (Å²) in [4.78, 5) is 33.0. The van der Waals surface area contributed by atoms with Gasteiger partial charge in [-0.2, -0.15) is 0 Å². The predicted octanol–water partition coefficient (Wildman–Crippen LogP) is 4.59. The van der Waals surface area contributed by atoms with Gasteiger partial charge in [0.1, 0.15) is 5.82 Å². The van der Waals surface area contributed by atoms with Crippen LogP contribution in [0.4, 0.5) is 0 Å². The number of benzene rings is 2. The second-order valence-corrected chi connectivity index (χ2v) is 8.21. The molecule has 2 aromatic heterocycles. The Morgan fingerprint density at radius 1 is 1.03 bits per heavy atom. The second-order valence-electron chi connectivity index (χ2n) is 8.21. The lowest BCUT2D eigenvalue weighted by Gasteiger charge is -2.25. The summed E-state index contributed by atoms with van der Waals surface area (Å²) >= 11 is 0. The molecule has 1 amide bonds. The first kappa shape index (κ1) is 19.9. The monoisotopic (exact) mass is 402 g/mol.